The zero-order valence-electron chi connectivity index (χ0n) is 11.3. The Bertz CT molecular complexity index is 631. The highest BCUT2D eigenvalue weighted by atomic mass is 32.2. The molecular weight excluding hydrogens is 278 g/mol. The number of benzene rings is 1. The summed E-state index contributed by atoms with van der Waals surface area (Å²) >= 11 is 0. The highest BCUT2D eigenvalue weighted by molar-refractivity contribution is 7.89. The van der Waals surface area contributed by atoms with Gasteiger partial charge in [0.05, 0.1) is 10.3 Å². The third kappa shape index (κ3) is 2.56. The largest absolute Gasteiger partial charge is 0.329 e. The van der Waals surface area contributed by atoms with Crippen molar-refractivity contribution in [3.05, 3.63) is 23.8 Å². The van der Waals surface area contributed by atoms with Crippen molar-refractivity contribution < 1.29 is 13.2 Å². The van der Waals surface area contributed by atoms with Gasteiger partial charge in [0.2, 0.25) is 15.9 Å². The topological polar surface area (TPSA) is 115 Å². The minimum atomic E-state index is -3.80. The van der Waals surface area contributed by atoms with E-state index in [1.54, 1.807) is 19.1 Å². The van der Waals surface area contributed by atoms with Gasteiger partial charge in [-0.1, -0.05) is 12.5 Å². The Morgan fingerprint density at radius 1 is 1.40 bits per heavy atom. The smallest absolute Gasteiger partial charge is 0.238 e. The summed E-state index contributed by atoms with van der Waals surface area (Å²) in [5, 5.41) is 7.92. The van der Waals surface area contributed by atoms with Crippen molar-refractivity contribution in [1.29, 1.82) is 0 Å². The minimum absolute atomic E-state index is 0.0192. The molecule has 0 radical (unpaired) electrons. The molecular formula is C13H19N3O3S. The molecule has 1 aliphatic carbocycles. The van der Waals surface area contributed by atoms with Crippen LogP contribution < -0.4 is 16.2 Å². The van der Waals surface area contributed by atoms with Crippen LogP contribution in [-0.2, 0) is 14.8 Å². The normalized spacial score (nSPS) is 17.4. The first-order chi connectivity index (χ1) is 9.30. The molecule has 0 heterocycles. The zero-order valence-corrected chi connectivity index (χ0v) is 12.2. The number of rotatable bonds is 4. The summed E-state index contributed by atoms with van der Waals surface area (Å²) in [5.74, 6) is -0.152. The Hall–Kier alpha value is -1.44. The van der Waals surface area contributed by atoms with Crippen LogP contribution in [0.3, 0.4) is 0 Å². The molecule has 0 bridgehead atoms. The molecule has 20 heavy (non-hydrogen) atoms. The molecule has 0 spiro atoms. The quantitative estimate of drug-likeness (QED) is 0.759. The number of nitrogens with two attached hydrogens (primary N) is 2. The molecule has 6 nitrogen and oxygen atoms in total. The lowest BCUT2D eigenvalue weighted by Crippen LogP contribution is -2.47. The highest BCUT2D eigenvalue weighted by Crippen LogP contribution is 2.41. The average Bonchev–Trinajstić information content (AvgIpc) is 2.29. The molecule has 5 N–H and O–H groups in total. The number of nitrogens with one attached hydrogen (secondary N) is 1. The van der Waals surface area contributed by atoms with Gasteiger partial charge in [0.25, 0.3) is 0 Å². The molecule has 2 rings (SSSR count). The first-order valence-corrected chi connectivity index (χ1v) is 7.99. The average molecular weight is 297 g/mol. The number of primary sulfonamides is 1. The van der Waals surface area contributed by atoms with E-state index >= 15 is 0 Å². The maximum Gasteiger partial charge on any atom is 0.238 e. The van der Waals surface area contributed by atoms with E-state index in [4.69, 9.17) is 10.9 Å². The van der Waals surface area contributed by atoms with E-state index in [2.05, 4.69) is 5.32 Å². The Kier molecular flexibility index (Phi) is 3.86. The molecule has 1 fully saturated rings. The summed E-state index contributed by atoms with van der Waals surface area (Å²) in [7, 11) is -3.80. The SMILES string of the molecule is Cc1c(NC(=O)C2(CN)CCC2)cccc1S(N)(=O)=O. The molecule has 0 atom stereocenters. The summed E-state index contributed by atoms with van der Waals surface area (Å²) in [6.45, 7) is 1.91. The van der Waals surface area contributed by atoms with Crippen LogP contribution in [0.25, 0.3) is 0 Å². The van der Waals surface area contributed by atoms with Crippen LogP contribution in [0, 0.1) is 12.3 Å². The van der Waals surface area contributed by atoms with Crippen LogP contribution in [0.15, 0.2) is 23.1 Å². The van der Waals surface area contributed by atoms with Crippen molar-refractivity contribution in [3.8, 4) is 0 Å². The van der Waals surface area contributed by atoms with Crippen LogP contribution in [0.2, 0.25) is 0 Å². The molecule has 0 aromatic heterocycles. The molecule has 0 unspecified atom stereocenters. The molecule has 0 saturated heterocycles. The number of carbonyl (C=O) groups is 1. The van der Waals surface area contributed by atoms with Gasteiger partial charge >= 0.3 is 0 Å². The molecule has 110 valence electrons. The van der Waals surface area contributed by atoms with Crippen LogP contribution >= 0.6 is 0 Å². The summed E-state index contributed by atoms with van der Waals surface area (Å²) < 4.78 is 22.9. The summed E-state index contributed by atoms with van der Waals surface area (Å²) in [6.07, 6.45) is 2.52. The van der Waals surface area contributed by atoms with E-state index in [-0.39, 0.29) is 10.8 Å². The summed E-state index contributed by atoms with van der Waals surface area (Å²) in [4.78, 5) is 12.3. The maximum absolute atomic E-state index is 12.3. The Morgan fingerprint density at radius 2 is 2.05 bits per heavy atom. The molecule has 1 aromatic carbocycles. The number of carbonyl (C=O) groups excluding carboxylic acids is 1. The van der Waals surface area contributed by atoms with Gasteiger partial charge in [-0.25, -0.2) is 13.6 Å². The Morgan fingerprint density at radius 3 is 2.50 bits per heavy atom. The molecule has 1 aliphatic rings. The van der Waals surface area contributed by atoms with Gasteiger partial charge in [0.15, 0.2) is 0 Å². The van der Waals surface area contributed by atoms with Crippen molar-refractivity contribution in [3.63, 3.8) is 0 Å². The lowest BCUT2D eigenvalue weighted by molar-refractivity contribution is -0.129. The monoisotopic (exact) mass is 297 g/mol. The second kappa shape index (κ2) is 5.16. The predicted molar refractivity (Wildman–Crippen MR) is 76.5 cm³/mol. The van der Waals surface area contributed by atoms with Crippen LogP contribution in [-0.4, -0.2) is 20.9 Å². The number of anilines is 1. The van der Waals surface area contributed by atoms with Gasteiger partial charge in [0.1, 0.15) is 0 Å². The van der Waals surface area contributed by atoms with Crippen molar-refractivity contribution >= 4 is 21.6 Å². The van der Waals surface area contributed by atoms with E-state index in [1.165, 1.54) is 6.07 Å². The fourth-order valence-electron chi connectivity index (χ4n) is 2.44. The third-order valence-electron chi connectivity index (χ3n) is 4.02. The van der Waals surface area contributed by atoms with Gasteiger partial charge in [-0.2, -0.15) is 0 Å². The van der Waals surface area contributed by atoms with Gasteiger partial charge in [0, 0.05) is 12.2 Å². The predicted octanol–water partition coefficient (Wildman–Crippen LogP) is 0.710. The van der Waals surface area contributed by atoms with E-state index < -0.39 is 15.4 Å². The lowest BCUT2D eigenvalue weighted by atomic mass is 9.68. The standard InChI is InChI=1S/C13H19N3O3S/c1-9-10(4-2-5-11(9)20(15,18)19)16-12(17)13(8-14)6-3-7-13/h2,4-5H,3,6-8,14H2,1H3,(H,16,17)(H2,15,18,19). The van der Waals surface area contributed by atoms with Crippen LogP contribution in [0.4, 0.5) is 5.69 Å². The Labute approximate surface area is 118 Å². The van der Waals surface area contributed by atoms with E-state index in [1.807, 2.05) is 0 Å². The minimum Gasteiger partial charge on any atom is -0.329 e. The molecule has 1 saturated carbocycles. The van der Waals surface area contributed by atoms with E-state index in [9.17, 15) is 13.2 Å². The molecule has 1 aromatic rings. The van der Waals surface area contributed by atoms with Crippen molar-refractivity contribution in [2.75, 3.05) is 11.9 Å². The number of sulfonamides is 1. The second-order valence-corrected chi connectivity index (χ2v) is 6.80. The van der Waals surface area contributed by atoms with Crippen LogP contribution in [0.5, 0.6) is 0 Å². The van der Waals surface area contributed by atoms with Gasteiger partial charge in [-0.15, -0.1) is 0 Å². The fourth-order valence-corrected chi connectivity index (χ4v) is 3.25. The molecule has 1 amide bonds. The summed E-state index contributed by atoms with van der Waals surface area (Å²) in [5.41, 5.74) is 6.07. The number of hydrogen-bond acceptors (Lipinski definition) is 4. The lowest BCUT2D eigenvalue weighted by Gasteiger charge is -2.39. The van der Waals surface area contributed by atoms with Crippen molar-refractivity contribution in [2.24, 2.45) is 16.3 Å². The second-order valence-electron chi connectivity index (χ2n) is 5.27. The van der Waals surface area contributed by atoms with Crippen molar-refractivity contribution in [2.45, 2.75) is 31.1 Å². The number of amides is 1. The highest BCUT2D eigenvalue weighted by Gasteiger charge is 2.42. The van der Waals surface area contributed by atoms with E-state index in [0.29, 0.717) is 17.8 Å². The zero-order chi connectivity index (χ0) is 15.0. The Balaban J connectivity index is 2.29. The fraction of sp³-hybridized carbons (Fsp3) is 0.462. The van der Waals surface area contributed by atoms with Gasteiger partial charge in [-0.3, -0.25) is 4.79 Å². The van der Waals surface area contributed by atoms with E-state index in [0.717, 1.165) is 19.3 Å². The van der Waals surface area contributed by atoms with Crippen molar-refractivity contribution in [1.82, 2.24) is 0 Å². The molecule has 0 aliphatic heterocycles. The first kappa shape index (κ1) is 15.0. The first-order valence-electron chi connectivity index (χ1n) is 6.44. The maximum atomic E-state index is 12.3. The van der Waals surface area contributed by atoms with Gasteiger partial charge in [-0.05, 0) is 37.5 Å². The number of hydrogen-bond donors (Lipinski definition) is 3. The summed E-state index contributed by atoms with van der Waals surface area (Å²) in [6, 6.07) is 4.63. The third-order valence-corrected chi connectivity index (χ3v) is 5.08. The van der Waals surface area contributed by atoms with Gasteiger partial charge < -0.3 is 11.1 Å². The molecule has 7 heteroatoms. The van der Waals surface area contributed by atoms with Crippen LogP contribution in [0.1, 0.15) is 24.8 Å².